The van der Waals surface area contributed by atoms with E-state index in [1.54, 1.807) is 18.2 Å². The molecule has 3 atom stereocenters. The van der Waals surface area contributed by atoms with Crippen molar-refractivity contribution in [2.45, 2.75) is 85.4 Å². The van der Waals surface area contributed by atoms with E-state index in [9.17, 15) is 32.8 Å². The molecular formula is C38H48FN5O5S. The summed E-state index contributed by atoms with van der Waals surface area (Å²) < 4.78 is 41.3. The van der Waals surface area contributed by atoms with Crippen molar-refractivity contribution in [3.63, 3.8) is 0 Å². The zero-order valence-corrected chi connectivity index (χ0v) is 29.3. The first kappa shape index (κ1) is 35.9. The topological polar surface area (TPSA) is 143 Å². The Bertz CT molecular complexity index is 1690. The van der Waals surface area contributed by atoms with Gasteiger partial charge < -0.3 is 25.5 Å². The van der Waals surface area contributed by atoms with Crippen molar-refractivity contribution in [2.24, 2.45) is 17.8 Å². The Labute approximate surface area is 294 Å². The second kappa shape index (κ2) is 15.1. The molecule has 0 spiro atoms. The molecule has 4 aliphatic rings. The Morgan fingerprint density at radius 2 is 1.70 bits per heavy atom. The Hall–Kier alpha value is -3.95. The monoisotopic (exact) mass is 705 g/mol. The van der Waals surface area contributed by atoms with Crippen LogP contribution in [0.25, 0.3) is 0 Å². The molecule has 2 saturated carbocycles. The van der Waals surface area contributed by atoms with Crippen LogP contribution in [-0.4, -0.2) is 80.5 Å². The lowest BCUT2D eigenvalue weighted by Crippen LogP contribution is -2.55. The maximum Gasteiger partial charge on any atom is 0.404 e. The van der Waals surface area contributed by atoms with Gasteiger partial charge in [0.2, 0.25) is 5.91 Å². The van der Waals surface area contributed by atoms with E-state index in [0.29, 0.717) is 48.5 Å². The number of nitrogens with zero attached hydrogens (tertiary/aromatic N) is 3. The predicted octanol–water partition coefficient (Wildman–Crippen LogP) is 5.26. The van der Waals surface area contributed by atoms with Crippen LogP contribution < -0.4 is 15.5 Å². The second-order valence-electron chi connectivity index (χ2n) is 14.7. The number of carbonyl (C=O) groups excluding carboxylic acids is 1. The van der Waals surface area contributed by atoms with Crippen LogP contribution in [0.1, 0.15) is 63.4 Å². The lowest BCUT2D eigenvalue weighted by molar-refractivity contribution is -0.117. The highest BCUT2D eigenvalue weighted by Gasteiger charge is 2.52. The number of rotatable bonds is 11. The van der Waals surface area contributed by atoms with Gasteiger partial charge in [0.25, 0.3) is 0 Å². The minimum absolute atomic E-state index is 0.0148. The number of carboxylic acid groups (broad SMARTS) is 1. The summed E-state index contributed by atoms with van der Waals surface area (Å²) in [5, 5.41) is 25.5. The van der Waals surface area contributed by atoms with Crippen LogP contribution in [0.5, 0.6) is 0 Å². The van der Waals surface area contributed by atoms with E-state index in [1.807, 2.05) is 18.2 Å². The summed E-state index contributed by atoms with van der Waals surface area (Å²) >= 11 is 0. The highest BCUT2D eigenvalue weighted by atomic mass is 32.2. The SMILES string of the molecule is C=CC(=O)NC1CCC(S(=O)(=O)c2ccc(N3CC(CN4CCC(C(C#N)(c5cccc(F)c5)[C@H]5CCC[C@@H]5NC(=O)O)CC4)C3)cc2)CC1. The summed E-state index contributed by atoms with van der Waals surface area (Å²) in [6.45, 7) is 7.80. The lowest BCUT2D eigenvalue weighted by atomic mass is 9.59. The van der Waals surface area contributed by atoms with Crippen LogP contribution in [0.3, 0.4) is 0 Å². The molecule has 268 valence electrons. The number of halogens is 1. The fourth-order valence-electron chi connectivity index (χ4n) is 9.22. The molecule has 2 aliphatic heterocycles. The predicted molar refractivity (Wildman–Crippen MR) is 189 cm³/mol. The third-order valence-corrected chi connectivity index (χ3v) is 14.1. The summed E-state index contributed by atoms with van der Waals surface area (Å²) in [7, 11) is -3.46. The molecule has 2 aromatic carbocycles. The summed E-state index contributed by atoms with van der Waals surface area (Å²) in [5.41, 5.74) is 0.676. The van der Waals surface area contributed by atoms with Crippen LogP contribution in [-0.2, 0) is 20.0 Å². The highest BCUT2D eigenvalue weighted by molar-refractivity contribution is 7.92. The van der Waals surface area contributed by atoms with Gasteiger partial charge in [0.15, 0.2) is 9.84 Å². The summed E-state index contributed by atoms with van der Waals surface area (Å²) in [5.74, 6) is -0.395. The fraction of sp³-hybridized carbons (Fsp3) is 0.553. The average Bonchev–Trinajstić information content (AvgIpc) is 3.55. The Balaban J connectivity index is 1.02. The van der Waals surface area contributed by atoms with Crippen molar-refractivity contribution in [3.8, 4) is 6.07 Å². The molecule has 1 unspecified atom stereocenters. The van der Waals surface area contributed by atoms with Gasteiger partial charge in [0, 0.05) is 49.2 Å². The highest BCUT2D eigenvalue weighted by Crippen LogP contribution is 2.50. The third kappa shape index (κ3) is 7.40. The van der Waals surface area contributed by atoms with Crippen LogP contribution in [0.4, 0.5) is 14.9 Å². The Morgan fingerprint density at radius 1 is 1.00 bits per heavy atom. The van der Waals surface area contributed by atoms with Gasteiger partial charge in [0.05, 0.1) is 21.6 Å². The number of anilines is 1. The number of hydrogen-bond donors (Lipinski definition) is 3. The number of carbonyl (C=O) groups is 2. The van der Waals surface area contributed by atoms with Gasteiger partial charge in [-0.2, -0.15) is 5.26 Å². The summed E-state index contributed by atoms with van der Waals surface area (Å²) in [6.07, 6.45) is 6.21. The zero-order chi connectivity index (χ0) is 35.5. The van der Waals surface area contributed by atoms with Crippen molar-refractivity contribution in [2.75, 3.05) is 37.6 Å². The second-order valence-corrected chi connectivity index (χ2v) is 16.9. The fourth-order valence-corrected chi connectivity index (χ4v) is 11.0. The van der Waals surface area contributed by atoms with Crippen molar-refractivity contribution in [3.05, 3.63) is 72.6 Å². The number of sulfone groups is 1. The average molecular weight is 706 g/mol. The van der Waals surface area contributed by atoms with Crippen LogP contribution in [0.2, 0.25) is 0 Å². The van der Waals surface area contributed by atoms with E-state index in [0.717, 1.165) is 64.1 Å². The molecular weight excluding hydrogens is 658 g/mol. The van der Waals surface area contributed by atoms with E-state index in [-0.39, 0.29) is 35.6 Å². The van der Waals surface area contributed by atoms with Crippen molar-refractivity contribution in [1.29, 1.82) is 5.26 Å². The molecule has 0 bridgehead atoms. The van der Waals surface area contributed by atoms with Crippen molar-refractivity contribution < 1.29 is 27.5 Å². The van der Waals surface area contributed by atoms with Gasteiger partial charge in [-0.25, -0.2) is 17.6 Å². The molecule has 0 aromatic heterocycles. The molecule has 2 saturated heterocycles. The number of benzene rings is 2. The molecule has 6 rings (SSSR count). The van der Waals surface area contributed by atoms with Crippen LogP contribution in [0.15, 0.2) is 66.1 Å². The quantitative estimate of drug-likeness (QED) is 0.269. The number of amides is 2. The van der Waals surface area contributed by atoms with Gasteiger partial charge in [-0.1, -0.05) is 25.1 Å². The lowest BCUT2D eigenvalue weighted by Gasteiger charge is -2.48. The normalized spacial score (nSPS) is 26.3. The van der Waals surface area contributed by atoms with Crippen molar-refractivity contribution >= 4 is 27.5 Å². The molecule has 2 heterocycles. The van der Waals surface area contributed by atoms with Crippen molar-refractivity contribution in [1.82, 2.24) is 15.5 Å². The van der Waals surface area contributed by atoms with E-state index in [4.69, 9.17) is 0 Å². The summed E-state index contributed by atoms with van der Waals surface area (Å²) in [4.78, 5) is 28.3. The number of piperidine rings is 1. The minimum atomic E-state index is -3.46. The molecule has 12 heteroatoms. The van der Waals surface area contributed by atoms with E-state index < -0.39 is 26.6 Å². The first-order valence-electron chi connectivity index (χ1n) is 17.9. The van der Waals surface area contributed by atoms with Gasteiger partial charge >= 0.3 is 6.09 Å². The van der Waals surface area contributed by atoms with Crippen LogP contribution >= 0.6 is 0 Å². The Kier molecular flexibility index (Phi) is 10.8. The maximum atomic E-state index is 14.5. The molecule has 10 nitrogen and oxygen atoms in total. The van der Waals surface area contributed by atoms with E-state index in [2.05, 4.69) is 33.1 Å². The van der Waals surface area contributed by atoms with Gasteiger partial charge in [0.1, 0.15) is 5.82 Å². The number of nitrogens with one attached hydrogen (secondary N) is 2. The van der Waals surface area contributed by atoms with Gasteiger partial charge in [-0.15, -0.1) is 0 Å². The number of nitriles is 1. The standard InChI is InChI=1S/C38H48FN5O5S/c1-2-36(45)41-30-9-13-32(14-10-30)50(48,49)33-15-11-31(12-16-33)44-23-26(24-44)22-43-19-17-27(18-20-43)38(25-40,28-5-3-6-29(39)21-28)34-7-4-8-35(34)42-37(46)47/h2-3,5-6,11-12,15-16,21,26-27,30,32,34-35,42H,1,4,7-10,13-14,17-20,22-24H2,(H,41,45)(H,46,47)/t30?,32?,34-,35-,38?/m0/s1. The smallest absolute Gasteiger partial charge is 0.404 e. The van der Waals surface area contributed by atoms with Gasteiger partial charge in [-0.3, -0.25) is 4.79 Å². The zero-order valence-electron chi connectivity index (χ0n) is 28.5. The van der Waals surface area contributed by atoms with E-state index in [1.165, 1.54) is 18.2 Å². The van der Waals surface area contributed by atoms with E-state index >= 15 is 0 Å². The minimum Gasteiger partial charge on any atom is -0.465 e. The van der Waals surface area contributed by atoms with Gasteiger partial charge in [-0.05, 0) is 118 Å². The molecule has 50 heavy (non-hydrogen) atoms. The number of hydrogen-bond acceptors (Lipinski definition) is 7. The molecule has 0 radical (unpaired) electrons. The largest absolute Gasteiger partial charge is 0.465 e. The Morgan fingerprint density at radius 3 is 2.32 bits per heavy atom. The third-order valence-electron chi connectivity index (χ3n) is 11.8. The maximum absolute atomic E-state index is 14.5. The number of likely N-dealkylation sites (tertiary alicyclic amines) is 1. The van der Waals surface area contributed by atoms with Crippen LogP contribution in [0, 0.1) is 34.9 Å². The molecule has 2 amide bonds. The molecule has 3 N–H and O–H groups in total. The molecule has 4 fully saturated rings. The first-order chi connectivity index (χ1) is 24.0. The first-order valence-corrected chi connectivity index (χ1v) is 19.5. The molecule has 2 aromatic rings. The molecule has 2 aliphatic carbocycles. The summed E-state index contributed by atoms with van der Waals surface area (Å²) in [6, 6.07) is 15.8.